The molecule has 0 aromatic heterocycles. The fourth-order valence-electron chi connectivity index (χ4n) is 2.56. The number of β-amino-alcohol motifs (C(OH)–C–C–N with tert-alkyl or cyclic N) is 1. The average molecular weight is 307 g/mol. The fraction of sp³-hybridized carbons (Fsp3) is 0.588. The van der Waals surface area contributed by atoms with E-state index < -0.39 is 5.60 Å². The van der Waals surface area contributed by atoms with Crippen LogP contribution in [-0.2, 0) is 9.53 Å². The molecule has 0 spiro atoms. The largest absolute Gasteiger partial charge is 0.476 e. The minimum atomic E-state index is -1.02. The number of benzene rings is 1. The van der Waals surface area contributed by atoms with Gasteiger partial charge >= 0.3 is 5.97 Å². The Balaban J connectivity index is 2.01. The zero-order valence-corrected chi connectivity index (χ0v) is 13.5. The van der Waals surface area contributed by atoms with Crippen molar-refractivity contribution in [1.82, 2.24) is 0 Å². The molecule has 1 aliphatic rings. The number of carbonyl (C=O) groups is 1. The van der Waals surface area contributed by atoms with E-state index in [1.807, 2.05) is 24.3 Å². The van der Waals surface area contributed by atoms with E-state index in [0.717, 1.165) is 25.1 Å². The van der Waals surface area contributed by atoms with Gasteiger partial charge in [-0.25, -0.2) is 4.79 Å². The summed E-state index contributed by atoms with van der Waals surface area (Å²) in [6.07, 6.45) is 1.60. The second-order valence-electron chi connectivity index (χ2n) is 6.07. The number of ether oxygens (including phenoxy) is 2. The Hall–Kier alpha value is -1.75. The monoisotopic (exact) mass is 307 g/mol. The standard InChI is InChI=1S/C17H25NO4/c1-4-21-16(20)17(2,3)22-15-9-7-13(8-10-15)18-11-5-6-14(19)12-18/h7-10,14,19H,4-6,11-12H2,1-3H3. The van der Waals surface area contributed by atoms with Crippen molar-refractivity contribution < 1.29 is 19.4 Å². The van der Waals surface area contributed by atoms with E-state index in [1.54, 1.807) is 20.8 Å². The number of aliphatic hydroxyl groups is 1. The predicted molar refractivity (Wildman–Crippen MR) is 85.2 cm³/mol. The number of esters is 1. The topological polar surface area (TPSA) is 59.0 Å². The number of rotatable bonds is 5. The second-order valence-corrected chi connectivity index (χ2v) is 6.07. The number of hydrogen-bond donors (Lipinski definition) is 1. The van der Waals surface area contributed by atoms with Gasteiger partial charge in [0.2, 0.25) is 0 Å². The van der Waals surface area contributed by atoms with Crippen molar-refractivity contribution in [3.05, 3.63) is 24.3 Å². The van der Waals surface area contributed by atoms with Crippen LogP contribution in [0.5, 0.6) is 5.75 Å². The first kappa shape index (κ1) is 16.6. The van der Waals surface area contributed by atoms with Gasteiger partial charge in [0, 0.05) is 18.8 Å². The van der Waals surface area contributed by atoms with E-state index in [2.05, 4.69) is 4.90 Å². The van der Waals surface area contributed by atoms with E-state index in [4.69, 9.17) is 9.47 Å². The van der Waals surface area contributed by atoms with Crippen LogP contribution in [0.25, 0.3) is 0 Å². The number of anilines is 1. The lowest BCUT2D eigenvalue weighted by Crippen LogP contribution is -2.40. The quantitative estimate of drug-likeness (QED) is 0.846. The summed E-state index contributed by atoms with van der Waals surface area (Å²) in [7, 11) is 0. The molecule has 0 radical (unpaired) electrons. The Kier molecular flexibility index (Phi) is 5.29. The number of hydrogen-bond acceptors (Lipinski definition) is 5. The molecule has 0 aliphatic carbocycles. The second kappa shape index (κ2) is 7.01. The summed E-state index contributed by atoms with van der Waals surface area (Å²) in [5.74, 6) is 0.248. The van der Waals surface area contributed by atoms with Crippen molar-refractivity contribution in [2.45, 2.75) is 45.3 Å². The van der Waals surface area contributed by atoms with Crippen molar-refractivity contribution in [3.8, 4) is 5.75 Å². The molecule has 1 aromatic carbocycles. The van der Waals surface area contributed by atoms with Gasteiger partial charge in [-0.1, -0.05) is 0 Å². The Morgan fingerprint density at radius 1 is 1.36 bits per heavy atom. The molecule has 1 saturated heterocycles. The third-order valence-electron chi connectivity index (χ3n) is 3.74. The van der Waals surface area contributed by atoms with E-state index in [1.165, 1.54) is 0 Å². The average Bonchev–Trinajstić information content (AvgIpc) is 2.48. The molecular formula is C17H25NO4. The van der Waals surface area contributed by atoms with Gasteiger partial charge in [-0.15, -0.1) is 0 Å². The molecule has 1 atom stereocenters. The van der Waals surface area contributed by atoms with Gasteiger partial charge in [0.25, 0.3) is 0 Å². The zero-order valence-electron chi connectivity index (χ0n) is 13.5. The molecular weight excluding hydrogens is 282 g/mol. The van der Waals surface area contributed by atoms with Gasteiger partial charge < -0.3 is 19.5 Å². The van der Waals surface area contributed by atoms with Crippen molar-refractivity contribution in [1.29, 1.82) is 0 Å². The Morgan fingerprint density at radius 3 is 2.64 bits per heavy atom. The molecule has 5 heteroatoms. The van der Waals surface area contributed by atoms with Crippen LogP contribution in [0.2, 0.25) is 0 Å². The Morgan fingerprint density at radius 2 is 2.05 bits per heavy atom. The molecule has 5 nitrogen and oxygen atoms in total. The fourth-order valence-corrected chi connectivity index (χ4v) is 2.56. The third-order valence-corrected chi connectivity index (χ3v) is 3.74. The maximum Gasteiger partial charge on any atom is 0.349 e. The summed E-state index contributed by atoms with van der Waals surface area (Å²) in [5.41, 5.74) is 0.0406. The van der Waals surface area contributed by atoms with Crippen LogP contribution in [0.3, 0.4) is 0 Å². The highest BCUT2D eigenvalue weighted by atomic mass is 16.6. The van der Waals surface area contributed by atoms with Crippen LogP contribution in [-0.4, -0.2) is 42.5 Å². The van der Waals surface area contributed by atoms with Gasteiger partial charge in [-0.2, -0.15) is 0 Å². The molecule has 1 aliphatic heterocycles. The van der Waals surface area contributed by atoms with Gasteiger partial charge in [-0.3, -0.25) is 0 Å². The summed E-state index contributed by atoms with van der Waals surface area (Å²) in [5, 5.41) is 9.74. The lowest BCUT2D eigenvalue weighted by molar-refractivity contribution is -0.158. The first-order valence-electron chi connectivity index (χ1n) is 7.81. The molecule has 1 fully saturated rings. The molecule has 1 N–H and O–H groups in total. The van der Waals surface area contributed by atoms with Crippen molar-refractivity contribution in [3.63, 3.8) is 0 Å². The Bertz CT molecular complexity index is 498. The Labute approximate surface area is 131 Å². The van der Waals surface area contributed by atoms with E-state index in [-0.39, 0.29) is 12.1 Å². The highest BCUT2D eigenvalue weighted by molar-refractivity contribution is 5.79. The number of piperidine rings is 1. The molecule has 1 unspecified atom stereocenters. The molecule has 0 saturated carbocycles. The number of carbonyl (C=O) groups excluding carboxylic acids is 1. The first-order valence-corrected chi connectivity index (χ1v) is 7.81. The van der Waals surface area contributed by atoms with Crippen molar-refractivity contribution >= 4 is 11.7 Å². The molecule has 0 bridgehead atoms. The van der Waals surface area contributed by atoms with Gasteiger partial charge in [0.05, 0.1) is 12.7 Å². The summed E-state index contributed by atoms with van der Waals surface area (Å²) >= 11 is 0. The normalized spacial score (nSPS) is 18.9. The predicted octanol–water partition coefficient (Wildman–Crippen LogP) is 2.37. The van der Waals surface area contributed by atoms with Crippen LogP contribution >= 0.6 is 0 Å². The van der Waals surface area contributed by atoms with Crippen LogP contribution < -0.4 is 9.64 Å². The van der Waals surface area contributed by atoms with Gasteiger partial charge in [0.1, 0.15) is 5.75 Å². The molecule has 22 heavy (non-hydrogen) atoms. The highest BCUT2D eigenvalue weighted by Crippen LogP contribution is 2.25. The summed E-state index contributed by atoms with van der Waals surface area (Å²) in [6, 6.07) is 7.60. The van der Waals surface area contributed by atoms with Gasteiger partial charge in [-0.05, 0) is 57.9 Å². The van der Waals surface area contributed by atoms with Crippen molar-refractivity contribution in [2.75, 3.05) is 24.6 Å². The van der Waals surface area contributed by atoms with E-state index in [9.17, 15) is 9.90 Å². The number of aliphatic hydroxyl groups excluding tert-OH is 1. The number of nitrogens with zero attached hydrogens (tertiary/aromatic N) is 1. The lowest BCUT2D eigenvalue weighted by atomic mass is 10.1. The molecule has 0 amide bonds. The highest BCUT2D eigenvalue weighted by Gasteiger charge is 2.31. The third kappa shape index (κ3) is 4.13. The van der Waals surface area contributed by atoms with Crippen molar-refractivity contribution in [2.24, 2.45) is 0 Å². The van der Waals surface area contributed by atoms with Crippen LogP contribution in [0, 0.1) is 0 Å². The van der Waals surface area contributed by atoms with Crippen LogP contribution in [0.4, 0.5) is 5.69 Å². The van der Waals surface area contributed by atoms with Crippen LogP contribution in [0.15, 0.2) is 24.3 Å². The van der Waals surface area contributed by atoms with E-state index in [0.29, 0.717) is 18.9 Å². The first-order chi connectivity index (χ1) is 10.4. The SMILES string of the molecule is CCOC(=O)C(C)(C)Oc1ccc(N2CCCC(O)C2)cc1. The lowest BCUT2D eigenvalue weighted by Gasteiger charge is -2.32. The summed E-state index contributed by atoms with van der Waals surface area (Å²) in [6.45, 7) is 7.11. The smallest absolute Gasteiger partial charge is 0.349 e. The van der Waals surface area contributed by atoms with E-state index >= 15 is 0 Å². The minimum Gasteiger partial charge on any atom is -0.476 e. The van der Waals surface area contributed by atoms with Crippen LogP contribution in [0.1, 0.15) is 33.6 Å². The summed E-state index contributed by atoms with van der Waals surface area (Å²) < 4.78 is 10.7. The van der Waals surface area contributed by atoms with Gasteiger partial charge in [0.15, 0.2) is 5.60 Å². The maximum atomic E-state index is 11.8. The zero-order chi connectivity index (χ0) is 16.2. The minimum absolute atomic E-state index is 0.257. The maximum absolute atomic E-state index is 11.8. The molecule has 122 valence electrons. The molecule has 2 rings (SSSR count). The molecule has 1 aromatic rings. The molecule has 1 heterocycles. The summed E-state index contributed by atoms with van der Waals surface area (Å²) in [4.78, 5) is 14.0.